The molecule has 0 aliphatic carbocycles. The van der Waals surface area contributed by atoms with Crippen LogP contribution in [0.15, 0.2) is 29.4 Å². The minimum atomic E-state index is -0.0992. The van der Waals surface area contributed by atoms with Crippen molar-refractivity contribution in [1.82, 2.24) is 19.6 Å². The normalized spacial score (nSPS) is 15.2. The summed E-state index contributed by atoms with van der Waals surface area (Å²) in [4.78, 5) is 16.6. The molecule has 3 heterocycles. The maximum absolute atomic E-state index is 12.1. The van der Waals surface area contributed by atoms with E-state index in [2.05, 4.69) is 20.3 Å². The van der Waals surface area contributed by atoms with E-state index in [1.165, 1.54) is 5.01 Å². The molecule has 1 aliphatic heterocycles. The molecular formula is C14H12N6O. The molecule has 4 rings (SSSR count). The molecule has 104 valence electrons. The first kappa shape index (κ1) is 12.0. The fraction of sp³-hybridized carbons (Fsp3) is 0.214. The second kappa shape index (κ2) is 4.08. The number of amides is 1. The maximum atomic E-state index is 12.1. The highest BCUT2D eigenvalue weighted by Crippen LogP contribution is 2.27. The van der Waals surface area contributed by atoms with Gasteiger partial charge in [0.25, 0.3) is 5.91 Å². The van der Waals surface area contributed by atoms with Crippen molar-refractivity contribution >= 4 is 34.1 Å². The average molecular weight is 280 g/mol. The zero-order chi connectivity index (χ0) is 14.6. The minimum absolute atomic E-state index is 0.0992. The second-order valence-corrected chi connectivity index (χ2v) is 5.05. The number of hydrogen-bond donors (Lipinski definition) is 0. The lowest BCUT2D eigenvalue weighted by Gasteiger charge is -2.13. The van der Waals surface area contributed by atoms with Crippen LogP contribution < -0.4 is 5.01 Å². The van der Waals surface area contributed by atoms with Crippen LogP contribution in [-0.2, 0) is 4.79 Å². The van der Waals surface area contributed by atoms with Gasteiger partial charge in [-0.1, -0.05) is 12.1 Å². The van der Waals surface area contributed by atoms with E-state index in [0.717, 1.165) is 22.6 Å². The van der Waals surface area contributed by atoms with Gasteiger partial charge < -0.3 is 0 Å². The van der Waals surface area contributed by atoms with Crippen LogP contribution in [0.5, 0.6) is 0 Å². The summed E-state index contributed by atoms with van der Waals surface area (Å²) in [6.07, 6.45) is 0.313. The Morgan fingerprint density at radius 1 is 1.14 bits per heavy atom. The van der Waals surface area contributed by atoms with Gasteiger partial charge >= 0.3 is 0 Å². The Morgan fingerprint density at radius 2 is 1.95 bits per heavy atom. The topological polar surface area (TPSA) is 75.8 Å². The lowest BCUT2D eigenvalue weighted by molar-refractivity contribution is -0.116. The van der Waals surface area contributed by atoms with E-state index in [9.17, 15) is 4.79 Å². The van der Waals surface area contributed by atoms with Crippen molar-refractivity contribution in [3.63, 3.8) is 0 Å². The zero-order valence-electron chi connectivity index (χ0n) is 11.6. The predicted octanol–water partition coefficient (Wildman–Crippen LogP) is 1.70. The number of hydrazone groups is 1. The Hall–Kier alpha value is -2.83. The Balaban J connectivity index is 2.11. The lowest BCUT2D eigenvalue weighted by atomic mass is 10.3. The minimum Gasteiger partial charge on any atom is -0.274 e. The molecule has 0 saturated heterocycles. The van der Waals surface area contributed by atoms with Gasteiger partial charge in [-0.05, 0) is 26.0 Å². The number of aromatic nitrogens is 4. The van der Waals surface area contributed by atoms with E-state index in [1.54, 1.807) is 0 Å². The maximum Gasteiger partial charge on any atom is 0.254 e. The number of hydrogen-bond acceptors (Lipinski definition) is 5. The van der Waals surface area contributed by atoms with E-state index in [-0.39, 0.29) is 5.91 Å². The van der Waals surface area contributed by atoms with Crippen molar-refractivity contribution in [2.75, 3.05) is 5.01 Å². The summed E-state index contributed by atoms with van der Waals surface area (Å²) in [5.74, 6) is 1.08. The van der Waals surface area contributed by atoms with Crippen LogP contribution in [0, 0.1) is 6.92 Å². The molecule has 0 saturated carbocycles. The SMILES string of the molecule is CC1=NN(c2nc3ccccc3n3c(C)nnc23)C(=O)C1. The van der Waals surface area contributed by atoms with Gasteiger partial charge in [0.1, 0.15) is 5.82 Å². The second-order valence-electron chi connectivity index (χ2n) is 5.05. The van der Waals surface area contributed by atoms with Gasteiger partial charge in [-0.2, -0.15) is 10.1 Å². The first-order valence-corrected chi connectivity index (χ1v) is 6.62. The van der Waals surface area contributed by atoms with Crippen molar-refractivity contribution in [2.45, 2.75) is 20.3 Å². The first-order chi connectivity index (χ1) is 10.1. The number of carbonyl (C=O) groups excluding carboxylic acids is 1. The van der Waals surface area contributed by atoms with Crippen molar-refractivity contribution in [1.29, 1.82) is 0 Å². The highest BCUT2D eigenvalue weighted by Gasteiger charge is 2.27. The van der Waals surface area contributed by atoms with E-state index >= 15 is 0 Å². The molecule has 0 radical (unpaired) electrons. The molecule has 0 fully saturated rings. The number of benzene rings is 1. The Morgan fingerprint density at radius 3 is 2.71 bits per heavy atom. The summed E-state index contributed by atoms with van der Waals surface area (Å²) < 4.78 is 1.90. The monoisotopic (exact) mass is 280 g/mol. The Bertz CT molecular complexity index is 926. The largest absolute Gasteiger partial charge is 0.274 e. The Kier molecular flexibility index (Phi) is 2.32. The smallest absolute Gasteiger partial charge is 0.254 e. The summed E-state index contributed by atoms with van der Waals surface area (Å²) in [6.45, 7) is 3.70. The molecule has 0 N–H and O–H groups in total. The van der Waals surface area contributed by atoms with E-state index in [4.69, 9.17) is 0 Å². The van der Waals surface area contributed by atoms with Gasteiger partial charge in [0.05, 0.1) is 17.5 Å². The summed E-state index contributed by atoms with van der Waals surface area (Å²) in [5, 5.41) is 13.9. The number of anilines is 1. The zero-order valence-corrected chi connectivity index (χ0v) is 11.6. The quantitative estimate of drug-likeness (QED) is 0.680. The molecular weight excluding hydrogens is 268 g/mol. The van der Waals surface area contributed by atoms with Gasteiger partial charge in [-0.3, -0.25) is 9.20 Å². The molecule has 7 heteroatoms. The van der Waals surface area contributed by atoms with Gasteiger partial charge in [0.2, 0.25) is 11.5 Å². The van der Waals surface area contributed by atoms with Crippen LogP contribution in [0.3, 0.4) is 0 Å². The summed E-state index contributed by atoms with van der Waals surface area (Å²) in [7, 11) is 0. The van der Waals surface area contributed by atoms with Crippen molar-refractivity contribution < 1.29 is 4.79 Å². The fourth-order valence-electron chi connectivity index (χ4n) is 2.57. The number of aryl methyl sites for hydroxylation is 1. The van der Waals surface area contributed by atoms with Crippen molar-refractivity contribution in [2.24, 2.45) is 5.10 Å². The highest BCUT2D eigenvalue weighted by atomic mass is 16.2. The standard InChI is InChI=1S/C14H12N6O/c1-8-7-12(21)20(18-8)13-14-17-16-9(2)19(14)11-6-4-3-5-10(11)15-13/h3-6H,7H2,1-2H3. The van der Waals surface area contributed by atoms with Crippen LogP contribution >= 0.6 is 0 Å². The molecule has 0 unspecified atom stereocenters. The molecule has 0 spiro atoms. The third-order valence-corrected chi connectivity index (χ3v) is 3.49. The van der Waals surface area contributed by atoms with Gasteiger partial charge in [-0.25, -0.2) is 4.98 Å². The fourth-order valence-corrected chi connectivity index (χ4v) is 2.57. The number of fused-ring (bicyclic) bond motifs is 3. The van der Waals surface area contributed by atoms with Crippen LogP contribution in [0.4, 0.5) is 5.82 Å². The molecule has 3 aromatic rings. The predicted molar refractivity (Wildman–Crippen MR) is 78.2 cm³/mol. The van der Waals surface area contributed by atoms with Crippen molar-refractivity contribution in [3.05, 3.63) is 30.1 Å². The van der Waals surface area contributed by atoms with E-state index < -0.39 is 0 Å². The number of carbonyl (C=O) groups is 1. The molecule has 2 aromatic heterocycles. The molecule has 21 heavy (non-hydrogen) atoms. The van der Waals surface area contributed by atoms with Gasteiger partial charge in [0.15, 0.2) is 0 Å². The Labute approximate surface area is 119 Å². The molecule has 7 nitrogen and oxygen atoms in total. The third-order valence-electron chi connectivity index (χ3n) is 3.49. The molecule has 1 amide bonds. The summed E-state index contributed by atoms with van der Waals surface area (Å²) >= 11 is 0. The molecule has 0 atom stereocenters. The van der Waals surface area contributed by atoms with Crippen molar-refractivity contribution in [3.8, 4) is 0 Å². The van der Waals surface area contributed by atoms with E-state index in [0.29, 0.717) is 17.9 Å². The van der Waals surface area contributed by atoms with E-state index in [1.807, 2.05) is 42.5 Å². The molecule has 1 aromatic carbocycles. The first-order valence-electron chi connectivity index (χ1n) is 6.62. The summed E-state index contributed by atoms with van der Waals surface area (Å²) in [6, 6.07) is 7.70. The summed E-state index contributed by atoms with van der Waals surface area (Å²) in [5.41, 5.74) is 2.99. The highest BCUT2D eigenvalue weighted by molar-refractivity contribution is 6.13. The average Bonchev–Trinajstić information content (AvgIpc) is 3.01. The van der Waals surface area contributed by atoms with Gasteiger partial charge in [0, 0.05) is 5.71 Å². The number of nitrogens with zero attached hydrogens (tertiary/aromatic N) is 6. The third kappa shape index (κ3) is 1.63. The van der Waals surface area contributed by atoms with Crippen LogP contribution in [-0.4, -0.2) is 31.2 Å². The molecule has 1 aliphatic rings. The van der Waals surface area contributed by atoms with Crippen LogP contribution in [0.25, 0.3) is 16.7 Å². The molecule has 0 bridgehead atoms. The number of rotatable bonds is 1. The van der Waals surface area contributed by atoms with Gasteiger partial charge in [-0.15, -0.1) is 10.2 Å². The number of para-hydroxylation sites is 2. The van der Waals surface area contributed by atoms with Crippen LogP contribution in [0.2, 0.25) is 0 Å². The lowest BCUT2D eigenvalue weighted by Crippen LogP contribution is -2.22. The van der Waals surface area contributed by atoms with Crippen LogP contribution in [0.1, 0.15) is 19.2 Å².